The monoisotopic (exact) mass is 310 g/mol. The van der Waals surface area contributed by atoms with E-state index in [2.05, 4.69) is 91.0 Å². The van der Waals surface area contributed by atoms with Crippen LogP contribution in [0.4, 0.5) is 0 Å². The molecule has 1 atom stereocenters. The summed E-state index contributed by atoms with van der Waals surface area (Å²) in [4.78, 5) is 0. The number of hydrogen-bond donors (Lipinski definition) is 0. The summed E-state index contributed by atoms with van der Waals surface area (Å²) in [6.45, 7) is 0. The minimum atomic E-state index is -0.472. The second-order valence-corrected chi connectivity index (χ2v) is 7.99. The lowest BCUT2D eigenvalue weighted by atomic mass is 10.1. The zero-order chi connectivity index (χ0) is 15.2. The summed E-state index contributed by atoms with van der Waals surface area (Å²) in [5, 5.41) is 9.99. The Kier molecular flexibility index (Phi) is 2.80. The van der Waals surface area contributed by atoms with Crippen LogP contribution < -0.4 is 0 Å². The van der Waals surface area contributed by atoms with Crippen molar-refractivity contribution >= 4 is 39.3 Å². The van der Waals surface area contributed by atoms with E-state index in [1.54, 1.807) is 0 Å². The van der Waals surface area contributed by atoms with E-state index in [0.29, 0.717) is 0 Å². The van der Waals surface area contributed by atoms with Crippen molar-refractivity contribution < 1.29 is 0 Å². The summed E-state index contributed by atoms with van der Waals surface area (Å²) in [6, 6.07) is 33.2. The molecule has 108 valence electrons. The second-order valence-electron chi connectivity index (χ2n) is 5.87. The van der Waals surface area contributed by atoms with E-state index < -0.39 is 7.53 Å². The van der Waals surface area contributed by atoms with Gasteiger partial charge in [-0.25, -0.2) is 0 Å². The summed E-state index contributed by atoms with van der Waals surface area (Å²) in [7, 11) is -0.472. The Morgan fingerprint density at radius 3 is 2.04 bits per heavy atom. The number of fused-ring (bicyclic) bond motifs is 5. The van der Waals surface area contributed by atoms with Gasteiger partial charge in [0.15, 0.2) is 0 Å². The smallest absolute Gasteiger partial charge is 0.0147 e. The maximum absolute atomic E-state index is 2.31. The normalized spacial score (nSPS) is 12.3. The molecule has 0 nitrogen and oxygen atoms in total. The molecule has 5 rings (SSSR count). The predicted molar refractivity (Wildman–Crippen MR) is 103 cm³/mol. The summed E-state index contributed by atoms with van der Waals surface area (Å²) in [6.07, 6.45) is 0. The van der Waals surface area contributed by atoms with Crippen molar-refractivity contribution in [2.45, 2.75) is 0 Å². The first-order valence-electron chi connectivity index (χ1n) is 7.90. The largest absolute Gasteiger partial charge is 0.0766 e. The van der Waals surface area contributed by atoms with E-state index in [4.69, 9.17) is 0 Å². The Bertz CT molecular complexity index is 1150. The quantitative estimate of drug-likeness (QED) is 0.309. The first kappa shape index (κ1) is 12.9. The summed E-state index contributed by atoms with van der Waals surface area (Å²) in [5.74, 6) is 0. The molecule has 1 heterocycles. The molecule has 0 bridgehead atoms. The molecule has 1 unspecified atom stereocenters. The molecular weight excluding hydrogens is 295 g/mol. The van der Waals surface area contributed by atoms with E-state index in [1.807, 2.05) is 0 Å². The van der Waals surface area contributed by atoms with Crippen LogP contribution in [0.25, 0.3) is 37.1 Å². The standard InChI is InChI=1S/C22H15P/c1-2-9-17(10-3-1)23-21-13-7-6-12-19(21)20-15-14-16-8-4-5-11-18(16)22(20)23/h1-15H. The van der Waals surface area contributed by atoms with Crippen LogP contribution >= 0.6 is 7.53 Å². The zero-order valence-corrected chi connectivity index (χ0v) is 13.5. The number of rotatable bonds is 1. The molecule has 23 heavy (non-hydrogen) atoms. The molecule has 0 saturated heterocycles. The molecule has 0 aliphatic carbocycles. The van der Waals surface area contributed by atoms with Crippen molar-refractivity contribution in [1.82, 2.24) is 0 Å². The van der Waals surface area contributed by atoms with Gasteiger partial charge in [-0.2, -0.15) is 0 Å². The van der Waals surface area contributed by atoms with Crippen molar-refractivity contribution in [3.8, 4) is 5.30 Å². The van der Waals surface area contributed by atoms with Crippen molar-refractivity contribution in [2.75, 3.05) is 0 Å². The van der Waals surface area contributed by atoms with Gasteiger partial charge in [-0.1, -0.05) is 98.5 Å². The Balaban J connectivity index is 2.10. The van der Waals surface area contributed by atoms with Gasteiger partial charge in [0.2, 0.25) is 0 Å². The SMILES string of the molecule is c1ccc(-p2c3ccccc3c3ccc4ccccc4c32)cc1. The number of benzene rings is 4. The molecule has 0 spiro atoms. The molecule has 1 heteroatoms. The first-order chi connectivity index (χ1) is 11.4. The van der Waals surface area contributed by atoms with E-state index in [0.717, 1.165) is 0 Å². The third kappa shape index (κ3) is 1.86. The van der Waals surface area contributed by atoms with Crippen molar-refractivity contribution in [3.05, 3.63) is 91.0 Å². The van der Waals surface area contributed by atoms with Gasteiger partial charge in [-0.05, 0) is 26.8 Å². The Morgan fingerprint density at radius 1 is 0.478 bits per heavy atom. The molecule has 4 aromatic carbocycles. The van der Waals surface area contributed by atoms with Crippen LogP contribution in [0.15, 0.2) is 91.0 Å². The van der Waals surface area contributed by atoms with E-state index in [-0.39, 0.29) is 0 Å². The summed E-state index contributed by atoms with van der Waals surface area (Å²) >= 11 is 0. The van der Waals surface area contributed by atoms with Gasteiger partial charge in [0.1, 0.15) is 0 Å². The van der Waals surface area contributed by atoms with Crippen LogP contribution in [-0.4, -0.2) is 0 Å². The first-order valence-corrected chi connectivity index (χ1v) is 9.24. The molecular formula is C22H15P. The lowest BCUT2D eigenvalue weighted by Crippen LogP contribution is -1.73. The molecule has 0 fully saturated rings. The second kappa shape index (κ2) is 4.98. The topological polar surface area (TPSA) is 0 Å². The van der Waals surface area contributed by atoms with Gasteiger partial charge < -0.3 is 0 Å². The van der Waals surface area contributed by atoms with Gasteiger partial charge in [-0.3, -0.25) is 0 Å². The minimum absolute atomic E-state index is 0.472. The van der Waals surface area contributed by atoms with Crippen LogP contribution in [0.2, 0.25) is 0 Å². The molecule has 0 aliphatic rings. The molecule has 5 aromatic rings. The molecule has 0 amide bonds. The molecule has 0 saturated carbocycles. The van der Waals surface area contributed by atoms with Crippen LogP contribution in [0.3, 0.4) is 0 Å². The lowest BCUT2D eigenvalue weighted by molar-refractivity contribution is 1.76. The highest BCUT2D eigenvalue weighted by molar-refractivity contribution is 7.68. The van der Waals surface area contributed by atoms with Gasteiger partial charge in [0.25, 0.3) is 0 Å². The number of hydrogen-bond acceptors (Lipinski definition) is 0. The Hall–Kier alpha value is -2.56. The van der Waals surface area contributed by atoms with Crippen LogP contribution in [-0.2, 0) is 0 Å². The van der Waals surface area contributed by atoms with Gasteiger partial charge in [0, 0.05) is 10.2 Å². The van der Waals surface area contributed by atoms with Gasteiger partial charge in [-0.15, -0.1) is 0 Å². The Labute approximate surface area is 136 Å². The van der Waals surface area contributed by atoms with Crippen LogP contribution in [0.1, 0.15) is 0 Å². The zero-order valence-electron chi connectivity index (χ0n) is 12.6. The minimum Gasteiger partial charge on any atom is -0.0766 e. The van der Waals surface area contributed by atoms with Gasteiger partial charge >= 0.3 is 0 Å². The fourth-order valence-corrected chi connectivity index (χ4v) is 6.37. The highest BCUT2D eigenvalue weighted by Crippen LogP contribution is 2.56. The molecule has 0 radical (unpaired) electrons. The average Bonchev–Trinajstić information content (AvgIpc) is 2.97. The van der Waals surface area contributed by atoms with E-state index in [1.165, 1.54) is 37.1 Å². The lowest BCUT2D eigenvalue weighted by Gasteiger charge is -2.06. The van der Waals surface area contributed by atoms with E-state index >= 15 is 0 Å². The molecule has 0 aliphatic heterocycles. The average molecular weight is 310 g/mol. The fourth-order valence-electron chi connectivity index (χ4n) is 3.58. The maximum Gasteiger partial charge on any atom is 0.0147 e. The summed E-state index contributed by atoms with van der Waals surface area (Å²) < 4.78 is 0. The fraction of sp³-hybridized carbons (Fsp3) is 0. The Morgan fingerprint density at radius 2 is 1.17 bits per heavy atom. The third-order valence-electron chi connectivity index (χ3n) is 4.57. The van der Waals surface area contributed by atoms with Crippen LogP contribution in [0.5, 0.6) is 0 Å². The highest BCUT2D eigenvalue weighted by Gasteiger charge is 2.14. The summed E-state index contributed by atoms with van der Waals surface area (Å²) in [5.41, 5.74) is 0. The highest BCUT2D eigenvalue weighted by atomic mass is 31.1. The molecule has 1 aromatic heterocycles. The van der Waals surface area contributed by atoms with Crippen molar-refractivity contribution in [1.29, 1.82) is 0 Å². The predicted octanol–water partition coefficient (Wildman–Crippen LogP) is 7.12. The molecule has 0 N–H and O–H groups in total. The van der Waals surface area contributed by atoms with Crippen molar-refractivity contribution in [3.63, 3.8) is 0 Å². The maximum atomic E-state index is 2.31. The van der Waals surface area contributed by atoms with Crippen LogP contribution in [0, 0.1) is 0 Å². The van der Waals surface area contributed by atoms with E-state index in [9.17, 15) is 0 Å². The third-order valence-corrected chi connectivity index (χ3v) is 7.19. The van der Waals surface area contributed by atoms with Gasteiger partial charge in [0.05, 0.1) is 0 Å². The van der Waals surface area contributed by atoms with Crippen molar-refractivity contribution in [2.24, 2.45) is 0 Å².